The molecule has 0 bridgehead atoms. The van der Waals surface area contributed by atoms with Crippen LogP contribution in [0.15, 0.2) is 30.3 Å². The summed E-state index contributed by atoms with van der Waals surface area (Å²) in [5, 5.41) is 1.53. The van der Waals surface area contributed by atoms with Crippen molar-refractivity contribution in [3.05, 3.63) is 35.5 Å². The van der Waals surface area contributed by atoms with Crippen molar-refractivity contribution in [2.75, 3.05) is 13.2 Å². The predicted octanol–water partition coefficient (Wildman–Crippen LogP) is 2.62. The van der Waals surface area contributed by atoms with E-state index in [1.165, 1.54) is 0 Å². The van der Waals surface area contributed by atoms with Gasteiger partial charge in [0.1, 0.15) is 10.9 Å². The summed E-state index contributed by atoms with van der Waals surface area (Å²) in [5.41, 5.74) is 6.27. The molecule has 4 heteroatoms. The van der Waals surface area contributed by atoms with Gasteiger partial charge in [-0.1, -0.05) is 11.6 Å². The van der Waals surface area contributed by atoms with Crippen molar-refractivity contribution in [3.63, 3.8) is 0 Å². The molecule has 1 heterocycles. The minimum atomic E-state index is 0.504. The maximum Gasteiger partial charge on any atom is 0.129 e. The van der Waals surface area contributed by atoms with Crippen molar-refractivity contribution < 1.29 is 4.74 Å². The molecule has 0 radical (unpaired) electrons. The van der Waals surface area contributed by atoms with Gasteiger partial charge in [-0.25, -0.2) is 4.98 Å². The summed E-state index contributed by atoms with van der Waals surface area (Å²) in [6, 6.07) is 9.45. The molecule has 0 fully saturated rings. The molecule has 84 valence electrons. The maximum absolute atomic E-state index is 5.80. The fraction of sp³-hybridized carbons (Fsp3) is 0.250. The Kier molecular flexibility index (Phi) is 3.59. The topological polar surface area (TPSA) is 48.1 Å². The van der Waals surface area contributed by atoms with Crippen molar-refractivity contribution in [2.45, 2.75) is 6.42 Å². The van der Waals surface area contributed by atoms with Crippen molar-refractivity contribution in [1.82, 2.24) is 4.98 Å². The Morgan fingerprint density at radius 3 is 2.94 bits per heavy atom. The lowest BCUT2D eigenvalue weighted by atomic mass is 10.2. The molecule has 0 saturated heterocycles. The average Bonchev–Trinajstić information content (AvgIpc) is 2.29. The second-order valence-electron chi connectivity index (χ2n) is 3.48. The molecule has 0 amide bonds. The fourth-order valence-corrected chi connectivity index (χ4v) is 1.60. The highest BCUT2D eigenvalue weighted by molar-refractivity contribution is 6.29. The number of rotatable bonds is 4. The first-order valence-electron chi connectivity index (χ1n) is 5.19. The van der Waals surface area contributed by atoms with Gasteiger partial charge >= 0.3 is 0 Å². The van der Waals surface area contributed by atoms with Gasteiger partial charge in [-0.05, 0) is 43.3 Å². The van der Waals surface area contributed by atoms with Crippen molar-refractivity contribution >= 4 is 22.5 Å². The second-order valence-corrected chi connectivity index (χ2v) is 3.87. The van der Waals surface area contributed by atoms with E-state index in [0.29, 0.717) is 18.3 Å². The number of fused-ring (bicyclic) bond motifs is 1. The normalized spacial score (nSPS) is 10.6. The van der Waals surface area contributed by atoms with E-state index in [9.17, 15) is 0 Å². The number of aromatic nitrogens is 1. The van der Waals surface area contributed by atoms with Crippen LogP contribution >= 0.6 is 11.6 Å². The average molecular weight is 237 g/mol. The number of pyridine rings is 1. The zero-order valence-electron chi connectivity index (χ0n) is 8.82. The van der Waals surface area contributed by atoms with Gasteiger partial charge in [0.2, 0.25) is 0 Å². The number of hydrogen-bond acceptors (Lipinski definition) is 3. The molecule has 1 aromatic heterocycles. The summed E-state index contributed by atoms with van der Waals surface area (Å²) >= 11 is 5.80. The minimum absolute atomic E-state index is 0.504. The zero-order valence-corrected chi connectivity index (χ0v) is 9.57. The van der Waals surface area contributed by atoms with Gasteiger partial charge in [0.25, 0.3) is 0 Å². The molecular formula is C12H13ClN2O. The molecule has 0 aliphatic carbocycles. The summed E-state index contributed by atoms with van der Waals surface area (Å²) in [5.74, 6) is 0.838. The summed E-state index contributed by atoms with van der Waals surface area (Å²) < 4.78 is 5.54. The van der Waals surface area contributed by atoms with Crippen LogP contribution in [0.2, 0.25) is 5.15 Å². The Balaban J connectivity index is 2.20. The first-order chi connectivity index (χ1) is 7.79. The number of nitrogens with two attached hydrogens (primary N) is 1. The number of hydrogen-bond donors (Lipinski definition) is 1. The largest absolute Gasteiger partial charge is 0.494 e. The fourth-order valence-electron chi connectivity index (χ4n) is 1.44. The second kappa shape index (κ2) is 5.14. The van der Waals surface area contributed by atoms with E-state index >= 15 is 0 Å². The van der Waals surface area contributed by atoms with E-state index in [-0.39, 0.29) is 0 Å². The Bertz CT molecular complexity index is 487. The molecule has 1 aromatic carbocycles. The Hall–Kier alpha value is -1.32. The number of nitrogens with zero attached hydrogens (tertiary/aromatic N) is 1. The summed E-state index contributed by atoms with van der Waals surface area (Å²) in [6.07, 6.45) is 0.858. The molecule has 0 spiro atoms. The van der Waals surface area contributed by atoms with E-state index in [2.05, 4.69) is 4.98 Å². The first kappa shape index (κ1) is 11.2. The minimum Gasteiger partial charge on any atom is -0.494 e. The lowest BCUT2D eigenvalue weighted by molar-refractivity contribution is 0.314. The van der Waals surface area contributed by atoms with Crippen molar-refractivity contribution in [2.24, 2.45) is 5.73 Å². The molecule has 2 N–H and O–H groups in total. The molecule has 3 nitrogen and oxygen atoms in total. The van der Waals surface area contributed by atoms with E-state index < -0.39 is 0 Å². The Morgan fingerprint density at radius 2 is 2.12 bits per heavy atom. The zero-order chi connectivity index (χ0) is 11.4. The number of ether oxygens (including phenoxy) is 1. The standard InChI is InChI=1S/C12H13ClN2O/c13-12-5-2-9-8-10(16-7-1-6-14)3-4-11(9)15-12/h2-5,8H,1,6-7,14H2. The molecule has 16 heavy (non-hydrogen) atoms. The number of halogens is 1. The summed E-state index contributed by atoms with van der Waals surface area (Å²) in [4.78, 5) is 4.20. The molecule has 0 saturated carbocycles. The monoisotopic (exact) mass is 236 g/mol. The summed E-state index contributed by atoms with van der Waals surface area (Å²) in [6.45, 7) is 1.29. The van der Waals surface area contributed by atoms with E-state index in [4.69, 9.17) is 22.1 Å². The third kappa shape index (κ3) is 2.62. The maximum atomic E-state index is 5.80. The van der Waals surface area contributed by atoms with Crippen LogP contribution in [0.1, 0.15) is 6.42 Å². The van der Waals surface area contributed by atoms with E-state index in [1.807, 2.05) is 24.3 Å². The highest BCUT2D eigenvalue weighted by Crippen LogP contribution is 2.21. The highest BCUT2D eigenvalue weighted by atomic mass is 35.5. The highest BCUT2D eigenvalue weighted by Gasteiger charge is 1.99. The summed E-state index contributed by atoms with van der Waals surface area (Å²) in [7, 11) is 0. The lowest BCUT2D eigenvalue weighted by Crippen LogP contribution is -2.05. The SMILES string of the molecule is NCCCOc1ccc2nc(Cl)ccc2c1. The van der Waals surface area contributed by atoms with Crippen LogP contribution in [0, 0.1) is 0 Å². The van der Waals surface area contributed by atoms with E-state index in [1.54, 1.807) is 6.07 Å². The molecule has 0 unspecified atom stereocenters. The van der Waals surface area contributed by atoms with Gasteiger partial charge in [0, 0.05) is 5.39 Å². The van der Waals surface area contributed by atoms with Crippen LogP contribution in [0.25, 0.3) is 10.9 Å². The molecule has 0 aliphatic rings. The van der Waals surface area contributed by atoms with Gasteiger partial charge in [-0.15, -0.1) is 0 Å². The first-order valence-corrected chi connectivity index (χ1v) is 5.56. The van der Waals surface area contributed by atoms with Crippen LogP contribution < -0.4 is 10.5 Å². The molecule has 2 rings (SSSR count). The third-order valence-corrected chi connectivity index (χ3v) is 2.45. The molecule has 0 aliphatic heterocycles. The van der Waals surface area contributed by atoms with Gasteiger partial charge < -0.3 is 10.5 Å². The molecule has 2 aromatic rings. The van der Waals surface area contributed by atoms with Gasteiger partial charge in [0.15, 0.2) is 0 Å². The molecular weight excluding hydrogens is 224 g/mol. The Morgan fingerprint density at radius 1 is 1.25 bits per heavy atom. The third-order valence-electron chi connectivity index (χ3n) is 2.24. The Labute approximate surface area is 99.2 Å². The van der Waals surface area contributed by atoms with Crippen molar-refractivity contribution in [1.29, 1.82) is 0 Å². The van der Waals surface area contributed by atoms with Crippen LogP contribution in [-0.4, -0.2) is 18.1 Å². The lowest BCUT2D eigenvalue weighted by Gasteiger charge is -2.06. The van der Waals surface area contributed by atoms with Crippen LogP contribution in [0.4, 0.5) is 0 Å². The van der Waals surface area contributed by atoms with Crippen LogP contribution in [-0.2, 0) is 0 Å². The van der Waals surface area contributed by atoms with Gasteiger partial charge in [-0.2, -0.15) is 0 Å². The van der Waals surface area contributed by atoms with Crippen molar-refractivity contribution in [3.8, 4) is 5.75 Å². The van der Waals surface area contributed by atoms with Crippen LogP contribution in [0.5, 0.6) is 5.75 Å². The number of benzene rings is 1. The predicted molar refractivity (Wildman–Crippen MR) is 65.9 cm³/mol. The van der Waals surface area contributed by atoms with E-state index in [0.717, 1.165) is 23.1 Å². The van der Waals surface area contributed by atoms with Crippen LogP contribution in [0.3, 0.4) is 0 Å². The quantitative estimate of drug-likeness (QED) is 0.656. The smallest absolute Gasteiger partial charge is 0.129 e. The van der Waals surface area contributed by atoms with Gasteiger partial charge in [0.05, 0.1) is 12.1 Å². The molecule has 0 atom stereocenters. The van der Waals surface area contributed by atoms with Gasteiger partial charge in [-0.3, -0.25) is 0 Å².